The molecule has 2 rings (SSSR count). The summed E-state index contributed by atoms with van der Waals surface area (Å²) in [5.41, 5.74) is 3.33. The van der Waals surface area contributed by atoms with Crippen molar-refractivity contribution in [3.63, 3.8) is 0 Å². The molecule has 4 nitrogen and oxygen atoms in total. The number of rotatable bonds is 3. The Labute approximate surface area is 113 Å². The number of hydrogen-bond acceptors (Lipinski definition) is 3. The van der Waals surface area contributed by atoms with Crippen LogP contribution in [-0.2, 0) is 0 Å². The Balaban J connectivity index is 2.33. The maximum atomic E-state index is 12.5. The van der Waals surface area contributed by atoms with E-state index in [9.17, 15) is 4.79 Å². The number of benzene rings is 1. The molecule has 0 aliphatic carbocycles. The van der Waals surface area contributed by atoms with Gasteiger partial charge in [0, 0.05) is 37.9 Å². The number of carbonyl (C=O) groups excluding carboxylic acids is 1. The Hall–Kier alpha value is -2.36. The molecule has 0 aliphatic heterocycles. The number of hydrogen-bond donors (Lipinski definition) is 1. The molecule has 0 fully saturated rings. The predicted octanol–water partition coefficient (Wildman–Crippen LogP) is 2.71. The lowest BCUT2D eigenvalue weighted by Crippen LogP contribution is -2.27. The highest BCUT2D eigenvalue weighted by atomic mass is 16.2. The monoisotopic (exact) mass is 255 g/mol. The summed E-state index contributed by atoms with van der Waals surface area (Å²) in [6.45, 7) is 2.00. The van der Waals surface area contributed by atoms with E-state index >= 15 is 0 Å². The Morgan fingerprint density at radius 2 is 2.11 bits per heavy atom. The zero-order valence-corrected chi connectivity index (χ0v) is 11.3. The van der Waals surface area contributed by atoms with Crippen LogP contribution in [0.25, 0.3) is 0 Å². The number of carbonyl (C=O) groups is 1. The molecule has 0 radical (unpaired) electrons. The van der Waals surface area contributed by atoms with Gasteiger partial charge < -0.3 is 10.2 Å². The Bertz CT molecular complexity index is 595. The molecule has 2 aromatic rings. The molecule has 0 aliphatic rings. The van der Waals surface area contributed by atoms with Gasteiger partial charge in [-0.25, -0.2) is 0 Å². The van der Waals surface area contributed by atoms with Gasteiger partial charge in [0.1, 0.15) is 0 Å². The van der Waals surface area contributed by atoms with E-state index in [-0.39, 0.29) is 5.91 Å². The Kier molecular flexibility index (Phi) is 3.80. The van der Waals surface area contributed by atoms with Crippen molar-refractivity contribution >= 4 is 17.3 Å². The van der Waals surface area contributed by atoms with E-state index < -0.39 is 0 Å². The van der Waals surface area contributed by atoms with Crippen molar-refractivity contribution in [3.05, 3.63) is 53.9 Å². The highest BCUT2D eigenvalue weighted by Gasteiger charge is 2.16. The van der Waals surface area contributed by atoms with Gasteiger partial charge >= 0.3 is 0 Å². The van der Waals surface area contributed by atoms with Gasteiger partial charge in [0.2, 0.25) is 0 Å². The van der Waals surface area contributed by atoms with Gasteiger partial charge in [0.05, 0.1) is 5.56 Å². The van der Waals surface area contributed by atoms with Crippen LogP contribution in [0.4, 0.5) is 11.4 Å². The molecule has 0 bridgehead atoms. The maximum Gasteiger partial charge on any atom is 0.261 e. The smallest absolute Gasteiger partial charge is 0.261 e. The van der Waals surface area contributed by atoms with Crippen LogP contribution in [0.3, 0.4) is 0 Å². The molecule has 0 unspecified atom stereocenters. The molecule has 19 heavy (non-hydrogen) atoms. The molecule has 0 spiro atoms. The van der Waals surface area contributed by atoms with Crippen molar-refractivity contribution in [2.24, 2.45) is 0 Å². The minimum absolute atomic E-state index is 0.0805. The van der Waals surface area contributed by atoms with Gasteiger partial charge in [0.25, 0.3) is 5.91 Å². The molecule has 0 saturated heterocycles. The van der Waals surface area contributed by atoms with Crippen molar-refractivity contribution in [2.45, 2.75) is 6.92 Å². The standard InChI is InChI=1S/C15H17N3O/c1-11-5-4-6-12(9-11)18(3)15(19)13-10-17-8-7-14(13)16-2/h4-10H,1-3H3,(H,16,17). The molecule has 0 saturated carbocycles. The molecule has 0 atom stereocenters. The second-order valence-electron chi connectivity index (χ2n) is 4.37. The van der Waals surface area contributed by atoms with Gasteiger partial charge in [-0.1, -0.05) is 12.1 Å². The quantitative estimate of drug-likeness (QED) is 0.917. The summed E-state index contributed by atoms with van der Waals surface area (Å²) in [7, 11) is 3.56. The molecule has 1 aromatic heterocycles. The van der Waals surface area contributed by atoms with E-state index in [4.69, 9.17) is 0 Å². The minimum atomic E-state index is -0.0805. The predicted molar refractivity (Wildman–Crippen MR) is 77.7 cm³/mol. The fraction of sp³-hybridized carbons (Fsp3) is 0.200. The number of nitrogens with zero attached hydrogens (tertiary/aromatic N) is 2. The molecule has 4 heteroatoms. The van der Waals surface area contributed by atoms with Crippen molar-refractivity contribution in [3.8, 4) is 0 Å². The first-order valence-electron chi connectivity index (χ1n) is 6.10. The van der Waals surface area contributed by atoms with E-state index in [1.165, 1.54) is 0 Å². The van der Waals surface area contributed by atoms with Crippen molar-refractivity contribution in [1.29, 1.82) is 0 Å². The highest BCUT2D eigenvalue weighted by Crippen LogP contribution is 2.20. The largest absolute Gasteiger partial charge is 0.387 e. The topological polar surface area (TPSA) is 45.2 Å². The third-order valence-electron chi connectivity index (χ3n) is 3.01. The van der Waals surface area contributed by atoms with E-state index in [1.54, 1.807) is 37.5 Å². The molecular weight excluding hydrogens is 238 g/mol. The first-order chi connectivity index (χ1) is 9.13. The summed E-state index contributed by atoms with van der Waals surface area (Å²) in [6, 6.07) is 9.63. The average Bonchev–Trinajstić information content (AvgIpc) is 2.45. The van der Waals surface area contributed by atoms with Crippen LogP contribution in [0.1, 0.15) is 15.9 Å². The minimum Gasteiger partial charge on any atom is -0.387 e. The highest BCUT2D eigenvalue weighted by molar-refractivity contribution is 6.09. The van der Waals surface area contributed by atoms with Gasteiger partial charge in [-0.15, -0.1) is 0 Å². The summed E-state index contributed by atoms with van der Waals surface area (Å²) in [6.07, 6.45) is 3.25. The Morgan fingerprint density at radius 1 is 1.32 bits per heavy atom. The number of nitrogens with one attached hydrogen (secondary N) is 1. The van der Waals surface area contributed by atoms with Crippen molar-refractivity contribution in [1.82, 2.24) is 4.98 Å². The van der Waals surface area contributed by atoms with E-state index in [0.29, 0.717) is 5.56 Å². The molecule has 1 amide bonds. The lowest BCUT2D eigenvalue weighted by Gasteiger charge is -2.19. The molecule has 1 heterocycles. The van der Waals surface area contributed by atoms with Crippen LogP contribution < -0.4 is 10.2 Å². The second kappa shape index (κ2) is 5.52. The lowest BCUT2D eigenvalue weighted by molar-refractivity contribution is 0.0993. The summed E-state index contributed by atoms with van der Waals surface area (Å²) in [5.74, 6) is -0.0805. The van der Waals surface area contributed by atoms with Gasteiger partial charge in [-0.3, -0.25) is 9.78 Å². The number of aryl methyl sites for hydroxylation is 1. The van der Waals surface area contributed by atoms with Crippen LogP contribution in [0.2, 0.25) is 0 Å². The summed E-state index contributed by atoms with van der Waals surface area (Å²) < 4.78 is 0. The lowest BCUT2D eigenvalue weighted by atomic mass is 10.1. The Morgan fingerprint density at radius 3 is 2.79 bits per heavy atom. The molecule has 98 valence electrons. The average molecular weight is 255 g/mol. The second-order valence-corrected chi connectivity index (χ2v) is 4.37. The molecule has 1 aromatic carbocycles. The molecular formula is C15H17N3O. The zero-order chi connectivity index (χ0) is 13.8. The number of anilines is 2. The van der Waals surface area contributed by atoms with Crippen LogP contribution in [-0.4, -0.2) is 25.0 Å². The summed E-state index contributed by atoms with van der Waals surface area (Å²) in [4.78, 5) is 18.1. The number of aromatic nitrogens is 1. The van der Waals surface area contributed by atoms with Gasteiger partial charge in [-0.2, -0.15) is 0 Å². The van der Waals surface area contributed by atoms with Crippen LogP contribution >= 0.6 is 0 Å². The first-order valence-corrected chi connectivity index (χ1v) is 6.10. The third kappa shape index (κ3) is 2.73. The number of pyridine rings is 1. The van der Waals surface area contributed by atoms with E-state index in [1.807, 2.05) is 31.2 Å². The van der Waals surface area contributed by atoms with Gasteiger partial charge in [0.15, 0.2) is 0 Å². The third-order valence-corrected chi connectivity index (χ3v) is 3.01. The van der Waals surface area contributed by atoms with E-state index in [2.05, 4.69) is 10.3 Å². The summed E-state index contributed by atoms with van der Waals surface area (Å²) in [5, 5.41) is 3.01. The van der Waals surface area contributed by atoms with Crippen LogP contribution in [0.5, 0.6) is 0 Å². The number of amides is 1. The summed E-state index contributed by atoms with van der Waals surface area (Å²) >= 11 is 0. The first kappa shape index (κ1) is 13.1. The zero-order valence-electron chi connectivity index (χ0n) is 11.3. The van der Waals surface area contributed by atoms with Crippen LogP contribution in [0.15, 0.2) is 42.7 Å². The SMILES string of the molecule is CNc1ccncc1C(=O)N(C)c1cccc(C)c1. The van der Waals surface area contributed by atoms with Crippen molar-refractivity contribution < 1.29 is 4.79 Å². The fourth-order valence-corrected chi connectivity index (χ4v) is 1.92. The van der Waals surface area contributed by atoms with Crippen LogP contribution in [0, 0.1) is 6.92 Å². The van der Waals surface area contributed by atoms with Gasteiger partial charge in [-0.05, 0) is 30.7 Å². The maximum absolute atomic E-state index is 12.5. The van der Waals surface area contributed by atoms with Crippen molar-refractivity contribution in [2.75, 3.05) is 24.3 Å². The van der Waals surface area contributed by atoms with E-state index in [0.717, 1.165) is 16.9 Å². The normalized spacial score (nSPS) is 10.1. The fourth-order valence-electron chi connectivity index (χ4n) is 1.92. The molecule has 1 N–H and O–H groups in total.